The van der Waals surface area contributed by atoms with Crippen molar-refractivity contribution in [2.24, 2.45) is 5.41 Å². The number of aliphatic hydroxyl groups excluding tert-OH is 1. The molecule has 1 fully saturated rings. The maximum absolute atomic E-state index is 12.1. The van der Waals surface area contributed by atoms with Crippen molar-refractivity contribution in [1.29, 1.82) is 0 Å². The summed E-state index contributed by atoms with van der Waals surface area (Å²) >= 11 is 0. The first-order valence-corrected chi connectivity index (χ1v) is 7.50. The molecule has 2 amide bonds. The van der Waals surface area contributed by atoms with Crippen molar-refractivity contribution in [1.82, 2.24) is 10.2 Å². The van der Waals surface area contributed by atoms with Crippen LogP contribution in [0.3, 0.4) is 0 Å². The lowest BCUT2D eigenvalue weighted by atomic mass is 9.75. The summed E-state index contributed by atoms with van der Waals surface area (Å²) in [5.74, 6) is 0. The second kappa shape index (κ2) is 7.13. The summed E-state index contributed by atoms with van der Waals surface area (Å²) in [6.45, 7) is 6.79. The molecule has 1 saturated carbocycles. The van der Waals surface area contributed by atoms with E-state index < -0.39 is 0 Å². The molecule has 1 atom stereocenters. The van der Waals surface area contributed by atoms with Crippen LogP contribution in [-0.2, 0) is 0 Å². The largest absolute Gasteiger partial charge is 0.396 e. The summed E-state index contributed by atoms with van der Waals surface area (Å²) in [5, 5.41) is 11.8. The molecule has 0 bridgehead atoms. The van der Waals surface area contributed by atoms with E-state index in [2.05, 4.69) is 19.2 Å². The van der Waals surface area contributed by atoms with Gasteiger partial charge in [-0.25, -0.2) is 4.79 Å². The van der Waals surface area contributed by atoms with Crippen molar-refractivity contribution in [2.75, 3.05) is 13.7 Å². The minimum atomic E-state index is 0.0233. The topological polar surface area (TPSA) is 52.6 Å². The quantitative estimate of drug-likeness (QED) is 0.807. The molecule has 1 aliphatic rings. The molecular weight excluding hydrogens is 240 g/mol. The molecule has 0 aromatic heterocycles. The molecule has 0 heterocycles. The van der Waals surface area contributed by atoms with Crippen LogP contribution < -0.4 is 5.32 Å². The smallest absolute Gasteiger partial charge is 0.317 e. The zero-order valence-electron chi connectivity index (χ0n) is 12.9. The molecule has 2 N–H and O–H groups in total. The van der Waals surface area contributed by atoms with Crippen LogP contribution in [0.5, 0.6) is 0 Å². The minimum absolute atomic E-state index is 0.0233. The van der Waals surface area contributed by atoms with Gasteiger partial charge in [-0.1, -0.05) is 13.8 Å². The molecule has 112 valence electrons. The van der Waals surface area contributed by atoms with E-state index in [1.54, 1.807) is 0 Å². The van der Waals surface area contributed by atoms with Gasteiger partial charge in [0, 0.05) is 25.7 Å². The SMILES string of the molecule is CC(CCCO)NC(=O)N(C)C1CCC(C)(C)CC1. The Hall–Kier alpha value is -0.770. The third kappa shape index (κ3) is 5.39. The first-order chi connectivity index (χ1) is 8.85. The highest BCUT2D eigenvalue weighted by Crippen LogP contribution is 2.36. The number of aliphatic hydroxyl groups is 1. The maximum atomic E-state index is 12.1. The van der Waals surface area contributed by atoms with Crippen molar-refractivity contribution in [3.05, 3.63) is 0 Å². The number of amides is 2. The fraction of sp³-hybridized carbons (Fsp3) is 0.933. The average Bonchev–Trinajstić information content (AvgIpc) is 2.35. The Morgan fingerprint density at radius 3 is 2.53 bits per heavy atom. The molecule has 4 nitrogen and oxygen atoms in total. The predicted octanol–water partition coefficient (Wildman–Crippen LogP) is 2.76. The molecule has 1 aliphatic carbocycles. The van der Waals surface area contributed by atoms with Crippen molar-refractivity contribution in [3.8, 4) is 0 Å². The lowest BCUT2D eigenvalue weighted by molar-refractivity contribution is 0.133. The fourth-order valence-electron chi connectivity index (χ4n) is 2.72. The van der Waals surface area contributed by atoms with Gasteiger partial charge < -0.3 is 15.3 Å². The number of nitrogens with zero attached hydrogens (tertiary/aromatic N) is 1. The Kier molecular flexibility index (Phi) is 6.11. The number of nitrogens with one attached hydrogen (secondary N) is 1. The van der Waals surface area contributed by atoms with Crippen LogP contribution in [0.25, 0.3) is 0 Å². The summed E-state index contributed by atoms with van der Waals surface area (Å²) < 4.78 is 0. The number of hydrogen-bond acceptors (Lipinski definition) is 2. The summed E-state index contributed by atoms with van der Waals surface area (Å²) in [5.41, 5.74) is 0.433. The molecule has 0 aliphatic heterocycles. The van der Waals surface area contributed by atoms with Gasteiger partial charge in [-0.2, -0.15) is 0 Å². The van der Waals surface area contributed by atoms with Gasteiger partial charge in [-0.3, -0.25) is 0 Å². The van der Waals surface area contributed by atoms with Crippen molar-refractivity contribution < 1.29 is 9.90 Å². The highest BCUT2D eigenvalue weighted by atomic mass is 16.3. The fourth-order valence-corrected chi connectivity index (χ4v) is 2.72. The third-order valence-electron chi connectivity index (χ3n) is 4.34. The van der Waals surface area contributed by atoms with E-state index in [-0.39, 0.29) is 18.7 Å². The van der Waals surface area contributed by atoms with E-state index in [0.29, 0.717) is 11.5 Å². The van der Waals surface area contributed by atoms with E-state index in [1.807, 2.05) is 18.9 Å². The molecule has 0 aromatic carbocycles. The van der Waals surface area contributed by atoms with Crippen molar-refractivity contribution in [3.63, 3.8) is 0 Å². The molecule has 0 spiro atoms. The summed E-state index contributed by atoms with van der Waals surface area (Å²) in [4.78, 5) is 14.0. The lowest BCUT2D eigenvalue weighted by Crippen LogP contribution is -2.48. The highest BCUT2D eigenvalue weighted by Gasteiger charge is 2.30. The zero-order chi connectivity index (χ0) is 14.5. The normalized spacial score (nSPS) is 20.9. The number of carbonyl (C=O) groups excluding carboxylic acids is 1. The Balaban J connectivity index is 2.36. The van der Waals surface area contributed by atoms with Gasteiger partial charge in [-0.05, 0) is 50.9 Å². The first-order valence-electron chi connectivity index (χ1n) is 7.50. The van der Waals surface area contributed by atoms with E-state index in [1.165, 1.54) is 12.8 Å². The summed E-state index contributed by atoms with van der Waals surface area (Å²) in [6.07, 6.45) is 6.14. The molecule has 0 aromatic rings. The standard InChI is InChI=1S/C15H30N2O2/c1-12(6-5-11-18)16-14(19)17(4)13-7-9-15(2,3)10-8-13/h12-13,18H,5-11H2,1-4H3,(H,16,19). The van der Waals surface area contributed by atoms with Crippen LogP contribution >= 0.6 is 0 Å². The monoisotopic (exact) mass is 270 g/mol. The van der Waals surface area contributed by atoms with Gasteiger partial charge >= 0.3 is 6.03 Å². The number of carbonyl (C=O) groups is 1. The molecule has 19 heavy (non-hydrogen) atoms. The second-order valence-electron chi connectivity index (χ2n) is 6.72. The molecule has 1 unspecified atom stereocenters. The van der Waals surface area contributed by atoms with Crippen LogP contribution in [0.2, 0.25) is 0 Å². The van der Waals surface area contributed by atoms with E-state index in [0.717, 1.165) is 25.7 Å². The molecule has 0 saturated heterocycles. The Bertz CT molecular complexity index is 282. The molecule has 0 radical (unpaired) electrons. The van der Waals surface area contributed by atoms with Crippen LogP contribution in [0.4, 0.5) is 4.79 Å². The van der Waals surface area contributed by atoms with Gasteiger partial charge in [0.05, 0.1) is 0 Å². The van der Waals surface area contributed by atoms with Gasteiger partial charge in [-0.15, -0.1) is 0 Å². The molecular formula is C15H30N2O2. The Morgan fingerprint density at radius 1 is 1.42 bits per heavy atom. The van der Waals surface area contributed by atoms with E-state index in [4.69, 9.17) is 5.11 Å². The summed E-state index contributed by atoms with van der Waals surface area (Å²) in [6, 6.07) is 0.523. The number of urea groups is 1. The third-order valence-corrected chi connectivity index (χ3v) is 4.34. The first kappa shape index (κ1) is 16.3. The van der Waals surface area contributed by atoms with Crippen molar-refractivity contribution >= 4 is 6.03 Å². The van der Waals surface area contributed by atoms with Gasteiger partial charge in [0.15, 0.2) is 0 Å². The van der Waals surface area contributed by atoms with Crippen LogP contribution in [0.15, 0.2) is 0 Å². The molecule has 4 heteroatoms. The Labute approximate surface area is 117 Å². The van der Waals surface area contributed by atoms with Gasteiger partial charge in [0.25, 0.3) is 0 Å². The van der Waals surface area contributed by atoms with Gasteiger partial charge in [0.2, 0.25) is 0 Å². The second-order valence-corrected chi connectivity index (χ2v) is 6.72. The number of hydrogen-bond donors (Lipinski definition) is 2. The molecule has 1 rings (SSSR count). The van der Waals surface area contributed by atoms with Crippen LogP contribution in [0.1, 0.15) is 59.3 Å². The van der Waals surface area contributed by atoms with Crippen LogP contribution in [0, 0.1) is 5.41 Å². The lowest BCUT2D eigenvalue weighted by Gasteiger charge is -2.38. The zero-order valence-corrected chi connectivity index (χ0v) is 12.9. The summed E-state index contributed by atoms with van der Waals surface area (Å²) in [7, 11) is 1.90. The number of rotatable bonds is 5. The maximum Gasteiger partial charge on any atom is 0.317 e. The highest BCUT2D eigenvalue weighted by molar-refractivity contribution is 5.74. The van der Waals surface area contributed by atoms with Crippen molar-refractivity contribution in [2.45, 2.75) is 71.4 Å². The predicted molar refractivity (Wildman–Crippen MR) is 78.1 cm³/mol. The minimum Gasteiger partial charge on any atom is -0.396 e. The van der Waals surface area contributed by atoms with Gasteiger partial charge in [0.1, 0.15) is 0 Å². The van der Waals surface area contributed by atoms with Crippen LogP contribution in [-0.4, -0.2) is 41.8 Å². The Morgan fingerprint density at radius 2 is 2.00 bits per heavy atom. The average molecular weight is 270 g/mol. The van der Waals surface area contributed by atoms with E-state index >= 15 is 0 Å². The van der Waals surface area contributed by atoms with E-state index in [9.17, 15) is 4.79 Å².